The van der Waals surface area contributed by atoms with Gasteiger partial charge in [0.25, 0.3) is 0 Å². The van der Waals surface area contributed by atoms with Crippen LogP contribution >= 0.6 is 0 Å². The van der Waals surface area contributed by atoms with Crippen LogP contribution in [0.2, 0.25) is 0 Å². The van der Waals surface area contributed by atoms with Gasteiger partial charge in [0.2, 0.25) is 11.7 Å². The lowest BCUT2D eigenvalue weighted by atomic mass is 10.1. The number of hydrogen-bond acceptors (Lipinski definition) is 7. The molecule has 1 fully saturated rings. The van der Waals surface area contributed by atoms with Crippen molar-refractivity contribution in [1.29, 1.82) is 0 Å². The summed E-state index contributed by atoms with van der Waals surface area (Å²) in [5, 5.41) is 0. The molecule has 1 aliphatic rings. The van der Waals surface area contributed by atoms with Gasteiger partial charge >= 0.3 is 0 Å². The number of piperazine rings is 1. The van der Waals surface area contributed by atoms with Crippen molar-refractivity contribution in [3.63, 3.8) is 0 Å². The monoisotopic (exact) mass is 456 g/mol. The summed E-state index contributed by atoms with van der Waals surface area (Å²) >= 11 is 0. The molecule has 0 bridgehead atoms. The van der Waals surface area contributed by atoms with Crippen LogP contribution in [-0.2, 0) is 11.3 Å². The Morgan fingerprint density at radius 2 is 1.45 bits per heavy atom. The van der Waals surface area contributed by atoms with Gasteiger partial charge in [-0.25, -0.2) is 0 Å². The van der Waals surface area contributed by atoms with Crippen molar-refractivity contribution in [2.45, 2.75) is 6.54 Å². The number of carbonyl (C=O) groups excluding carboxylic acids is 1. The van der Waals surface area contributed by atoms with Crippen molar-refractivity contribution in [3.05, 3.63) is 47.5 Å². The average Bonchev–Trinajstić information content (AvgIpc) is 2.86. The molecule has 8 nitrogen and oxygen atoms in total. The summed E-state index contributed by atoms with van der Waals surface area (Å²) in [5.74, 6) is 3.24. The van der Waals surface area contributed by atoms with Crippen molar-refractivity contribution < 1.29 is 28.5 Å². The minimum atomic E-state index is -0.0138. The van der Waals surface area contributed by atoms with Crippen LogP contribution in [0.3, 0.4) is 0 Å². The first kappa shape index (κ1) is 24.3. The van der Waals surface area contributed by atoms with Gasteiger partial charge < -0.3 is 28.6 Å². The van der Waals surface area contributed by atoms with Gasteiger partial charge in [-0.1, -0.05) is 6.07 Å². The van der Waals surface area contributed by atoms with Gasteiger partial charge in [0, 0.05) is 50.4 Å². The van der Waals surface area contributed by atoms with Crippen LogP contribution in [-0.4, -0.2) is 77.4 Å². The first-order valence-corrected chi connectivity index (χ1v) is 10.7. The lowest BCUT2D eigenvalue weighted by Crippen LogP contribution is -2.47. The first-order valence-electron chi connectivity index (χ1n) is 10.7. The smallest absolute Gasteiger partial charge is 0.246 e. The highest BCUT2D eigenvalue weighted by molar-refractivity contribution is 5.92. The molecule has 0 saturated carbocycles. The number of carbonyl (C=O) groups is 1. The molecule has 1 saturated heterocycles. The second-order valence-electron chi connectivity index (χ2n) is 7.57. The molecular weight excluding hydrogens is 424 g/mol. The van der Waals surface area contributed by atoms with Crippen molar-refractivity contribution >= 4 is 12.0 Å². The van der Waals surface area contributed by atoms with Gasteiger partial charge in [0.15, 0.2) is 11.5 Å². The second-order valence-corrected chi connectivity index (χ2v) is 7.57. The van der Waals surface area contributed by atoms with Crippen LogP contribution in [0.25, 0.3) is 6.08 Å². The fourth-order valence-electron chi connectivity index (χ4n) is 3.85. The molecule has 0 N–H and O–H groups in total. The minimum absolute atomic E-state index is 0.0138. The van der Waals surface area contributed by atoms with E-state index in [1.165, 1.54) is 0 Å². The molecule has 2 aromatic rings. The van der Waals surface area contributed by atoms with E-state index in [4.69, 9.17) is 23.7 Å². The molecule has 33 heavy (non-hydrogen) atoms. The first-order chi connectivity index (χ1) is 16.0. The number of amides is 1. The van der Waals surface area contributed by atoms with Crippen molar-refractivity contribution in [3.8, 4) is 28.7 Å². The fourth-order valence-corrected chi connectivity index (χ4v) is 3.85. The molecule has 1 aliphatic heterocycles. The normalized spacial score (nSPS) is 14.3. The average molecular weight is 457 g/mol. The SMILES string of the molecule is COc1cc(C=CC(=O)N2CCN(Cc3ccc(OC)c(OC)c3OC)CC2)cc(OC)c1. The van der Waals surface area contributed by atoms with Gasteiger partial charge in [-0.3, -0.25) is 9.69 Å². The summed E-state index contributed by atoms with van der Waals surface area (Å²) in [6.45, 7) is 3.54. The zero-order valence-electron chi connectivity index (χ0n) is 19.9. The molecule has 0 radical (unpaired) electrons. The molecule has 178 valence electrons. The van der Waals surface area contributed by atoms with E-state index in [0.29, 0.717) is 48.4 Å². The zero-order valence-corrected chi connectivity index (χ0v) is 19.9. The van der Waals surface area contributed by atoms with E-state index >= 15 is 0 Å². The standard InChI is InChI=1S/C25H32N2O6/c1-29-20-14-18(15-21(16-20)30-2)6-9-23(28)27-12-10-26(11-13-27)17-19-7-8-22(31-3)25(33-5)24(19)32-4/h6-9,14-16H,10-13,17H2,1-5H3. The lowest BCUT2D eigenvalue weighted by Gasteiger charge is -2.34. The molecule has 3 rings (SSSR count). The molecule has 0 spiro atoms. The largest absolute Gasteiger partial charge is 0.497 e. The van der Waals surface area contributed by atoms with Gasteiger partial charge in [-0.05, 0) is 29.8 Å². The third-order valence-electron chi connectivity index (χ3n) is 5.66. The maximum absolute atomic E-state index is 12.7. The topological polar surface area (TPSA) is 69.7 Å². The molecule has 2 aromatic carbocycles. The molecule has 0 unspecified atom stereocenters. The number of benzene rings is 2. The van der Waals surface area contributed by atoms with E-state index in [2.05, 4.69) is 4.90 Å². The Morgan fingerprint density at radius 1 is 0.818 bits per heavy atom. The van der Waals surface area contributed by atoms with Gasteiger partial charge in [-0.15, -0.1) is 0 Å². The minimum Gasteiger partial charge on any atom is -0.497 e. The molecular formula is C25H32N2O6. The zero-order chi connectivity index (χ0) is 23.8. The van der Waals surface area contributed by atoms with Crippen molar-refractivity contribution in [1.82, 2.24) is 9.80 Å². The Labute approximate surface area is 195 Å². The fraction of sp³-hybridized carbons (Fsp3) is 0.400. The van der Waals surface area contributed by atoms with E-state index in [1.54, 1.807) is 53.8 Å². The summed E-state index contributed by atoms with van der Waals surface area (Å²) in [6, 6.07) is 9.39. The summed E-state index contributed by atoms with van der Waals surface area (Å²) in [7, 11) is 8.03. The highest BCUT2D eigenvalue weighted by Gasteiger charge is 2.22. The second kappa shape index (κ2) is 11.5. The quantitative estimate of drug-likeness (QED) is 0.537. The molecule has 0 aliphatic carbocycles. The van der Waals surface area contributed by atoms with E-state index in [9.17, 15) is 4.79 Å². The molecule has 8 heteroatoms. The summed E-state index contributed by atoms with van der Waals surface area (Å²) in [6.07, 6.45) is 3.38. The van der Waals surface area contributed by atoms with Crippen molar-refractivity contribution in [2.24, 2.45) is 0 Å². The predicted molar refractivity (Wildman–Crippen MR) is 127 cm³/mol. The third kappa shape index (κ3) is 5.90. The maximum Gasteiger partial charge on any atom is 0.246 e. The van der Waals surface area contributed by atoms with Gasteiger partial charge in [0.1, 0.15) is 11.5 Å². The summed E-state index contributed by atoms with van der Waals surface area (Å²) in [4.78, 5) is 16.9. The highest BCUT2D eigenvalue weighted by atomic mass is 16.5. The number of ether oxygens (including phenoxy) is 5. The van der Waals surface area contributed by atoms with Gasteiger partial charge in [0.05, 0.1) is 35.5 Å². The number of hydrogen-bond donors (Lipinski definition) is 0. The summed E-state index contributed by atoms with van der Waals surface area (Å²) < 4.78 is 27.0. The van der Waals surface area contributed by atoms with Crippen molar-refractivity contribution in [2.75, 3.05) is 61.7 Å². The van der Waals surface area contributed by atoms with Crippen LogP contribution in [0.4, 0.5) is 0 Å². The van der Waals surface area contributed by atoms with E-state index in [1.807, 2.05) is 29.2 Å². The third-order valence-corrected chi connectivity index (χ3v) is 5.66. The number of rotatable bonds is 9. The maximum atomic E-state index is 12.7. The molecule has 1 amide bonds. The van der Waals surface area contributed by atoms with Crippen LogP contribution in [0.5, 0.6) is 28.7 Å². The van der Waals surface area contributed by atoms with E-state index in [0.717, 1.165) is 24.2 Å². The summed E-state index contributed by atoms with van der Waals surface area (Å²) in [5.41, 5.74) is 1.86. The Morgan fingerprint density at radius 3 is 2.00 bits per heavy atom. The number of nitrogens with zero attached hydrogens (tertiary/aromatic N) is 2. The number of methoxy groups -OCH3 is 5. The molecule has 0 atom stereocenters. The predicted octanol–water partition coefficient (Wildman–Crippen LogP) is 3.09. The van der Waals surface area contributed by atoms with Crippen LogP contribution in [0, 0.1) is 0 Å². The Hall–Kier alpha value is -3.39. The molecule has 1 heterocycles. The van der Waals surface area contributed by atoms with Crippen LogP contribution in [0.15, 0.2) is 36.4 Å². The van der Waals surface area contributed by atoms with Crippen LogP contribution < -0.4 is 23.7 Å². The van der Waals surface area contributed by atoms with Gasteiger partial charge in [-0.2, -0.15) is 0 Å². The Kier molecular flexibility index (Phi) is 8.43. The Bertz CT molecular complexity index is 961. The molecule has 0 aromatic heterocycles. The Balaban J connectivity index is 1.60. The van der Waals surface area contributed by atoms with E-state index in [-0.39, 0.29) is 5.91 Å². The van der Waals surface area contributed by atoms with E-state index < -0.39 is 0 Å². The highest BCUT2D eigenvalue weighted by Crippen LogP contribution is 2.40. The lowest BCUT2D eigenvalue weighted by molar-refractivity contribution is -0.127. The van der Waals surface area contributed by atoms with Crippen LogP contribution in [0.1, 0.15) is 11.1 Å².